The van der Waals surface area contributed by atoms with Crippen LogP contribution in [0.5, 0.6) is 0 Å². The van der Waals surface area contributed by atoms with E-state index < -0.39 is 0 Å². The Balaban J connectivity index is 1.87. The minimum absolute atomic E-state index is 0.728. The van der Waals surface area contributed by atoms with Gasteiger partial charge >= 0.3 is 0 Å². The molecule has 0 amide bonds. The lowest BCUT2D eigenvalue weighted by Gasteiger charge is -2.33. The van der Waals surface area contributed by atoms with Gasteiger partial charge in [-0.05, 0) is 36.8 Å². The summed E-state index contributed by atoms with van der Waals surface area (Å²) < 4.78 is 0. The molecule has 2 nitrogen and oxygen atoms in total. The molecule has 0 radical (unpaired) electrons. The van der Waals surface area contributed by atoms with Gasteiger partial charge in [-0.2, -0.15) is 0 Å². The second-order valence-corrected chi connectivity index (χ2v) is 4.62. The molecule has 1 aliphatic rings. The number of nitrogens with zero attached hydrogens (tertiary/aromatic N) is 1. The standard InChI is InChI=1S/C13H20N2/c1-3-11-5-4-6-14-13(11)9-15-12-7-10(2)8-12/h4-6,10,12,15H,3,7-9H2,1-2H3. The van der Waals surface area contributed by atoms with Crippen LogP contribution in [0.25, 0.3) is 0 Å². The molecule has 1 aliphatic carbocycles. The van der Waals surface area contributed by atoms with Crippen molar-refractivity contribution in [2.24, 2.45) is 5.92 Å². The van der Waals surface area contributed by atoms with Crippen molar-refractivity contribution in [1.82, 2.24) is 10.3 Å². The lowest BCUT2D eigenvalue weighted by atomic mass is 9.82. The molecule has 1 fully saturated rings. The number of hydrogen-bond acceptors (Lipinski definition) is 2. The van der Waals surface area contributed by atoms with Crippen molar-refractivity contribution in [1.29, 1.82) is 0 Å². The summed E-state index contributed by atoms with van der Waals surface area (Å²) in [5.41, 5.74) is 2.59. The Hall–Kier alpha value is -0.890. The highest BCUT2D eigenvalue weighted by molar-refractivity contribution is 5.19. The summed E-state index contributed by atoms with van der Waals surface area (Å²) in [5, 5.41) is 3.58. The van der Waals surface area contributed by atoms with E-state index in [-0.39, 0.29) is 0 Å². The van der Waals surface area contributed by atoms with Crippen molar-refractivity contribution in [2.75, 3.05) is 0 Å². The first-order chi connectivity index (χ1) is 7.29. The fraction of sp³-hybridized carbons (Fsp3) is 0.615. The van der Waals surface area contributed by atoms with Crippen molar-refractivity contribution in [3.63, 3.8) is 0 Å². The van der Waals surface area contributed by atoms with Crippen LogP contribution in [-0.2, 0) is 13.0 Å². The van der Waals surface area contributed by atoms with Crippen molar-refractivity contribution < 1.29 is 0 Å². The summed E-state index contributed by atoms with van der Waals surface area (Å²) in [6.45, 7) is 5.43. The van der Waals surface area contributed by atoms with Crippen molar-refractivity contribution >= 4 is 0 Å². The van der Waals surface area contributed by atoms with Gasteiger partial charge in [-0.3, -0.25) is 4.98 Å². The predicted octanol–water partition coefficient (Wildman–Crippen LogP) is 2.53. The third kappa shape index (κ3) is 2.57. The Labute approximate surface area is 92.1 Å². The van der Waals surface area contributed by atoms with Gasteiger partial charge < -0.3 is 5.32 Å². The summed E-state index contributed by atoms with van der Waals surface area (Å²) in [4.78, 5) is 4.44. The average Bonchev–Trinajstić information content (AvgIpc) is 2.23. The first kappa shape index (κ1) is 10.6. The van der Waals surface area contributed by atoms with Crippen LogP contribution < -0.4 is 5.32 Å². The summed E-state index contributed by atoms with van der Waals surface area (Å²) in [5.74, 6) is 0.914. The van der Waals surface area contributed by atoms with E-state index in [2.05, 4.69) is 30.2 Å². The number of nitrogens with one attached hydrogen (secondary N) is 1. The van der Waals surface area contributed by atoms with E-state index in [1.807, 2.05) is 12.3 Å². The largest absolute Gasteiger partial charge is 0.308 e. The van der Waals surface area contributed by atoms with Crippen molar-refractivity contribution in [2.45, 2.75) is 45.7 Å². The Morgan fingerprint density at radius 1 is 1.47 bits per heavy atom. The van der Waals surface area contributed by atoms with Crippen molar-refractivity contribution in [3.05, 3.63) is 29.6 Å². The first-order valence-electron chi connectivity index (χ1n) is 5.95. The predicted molar refractivity (Wildman–Crippen MR) is 62.6 cm³/mol. The fourth-order valence-corrected chi connectivity index (χ4v) is 2.26. The van der Waals surface area contributed by atoms with Crippen molar-refractivity contribution in [3.8, 4) is 0 Å². The van der Waals surface area contributed by atoms with Crippen LogP contribution in [0, 0.1) is 5.92 Å². The van der Waals surface area contributed by atoms with Gasteiger partial charge in [-0.15, -0.1) is 0 Å². The SMILES string of the molecule is CCc1cccnc1CNC1CC(C)C1. The van der Waals surface area contributed by atoms with Crippen LogP contribution in [-0.4, -0.2) is 11.0 Å². The molecule has 1 heterocycles. The molecule has 1 aromatic rings. The second kappa shape index (κ2) is 4.75. The lowest BCUT2D eigenvalue weighted by Crippen LogP contribution is -2.39. The van der Waals surface area contributed by atoms with Crippen LogP contribution in [0.4, 0.5) is 0 Å². The summed E-state index contributed by atoms with van der Waals surface area (Å²) in [7, 11) is 0. The maximum absolute atomic E-state index is 4.44. The van der Waals surface area contributed by atoms with E-state index in [4.69, 9.17) is 0 Å². The maximum atomic E-state index is 4.44. The van der Waals surface area contributed by atoms with E-state index in [1.165, 1.54) is 24.1 Å². The monoisotopic (exact) mass is 204 g/mol. The highest BCUT2D eigenvalue weighted by Gasteiger charge is 2.24. The Bertz CT molecular complexity index is 316. The molecule has 0 aliphatic heterocycles. The second-order valence-electron chi connectivity index (χ2n) is 4.62. The molecule has 1 aromatic heterocycles. The molecule has 1 N–H and O–H groups in total. The third-order valence-electron chi connectivity index (χ3n) is 3.30. The zero-order chi connectivity index (χ0) is 10.7. The smallest absolute Gasteiger partial charge is 0.0573 e. The molecule has 2 rings (SSSR count). The molecule has 0 unspecified atom stereocenters. The minimum atomic E-state index is 0.728. The van der Waals surface area contributed by atoms with E-state index >= 15 is 0 Å². The van der Waals surface area contributed by atoms with Gasteiger partial charge in [0.1, 0.15) is 0 Å². The number of aromatic nitrogens is 1. The Morgan fingerprint density at radius 2 is 2.27 bits per heavy atom. The first-order valence-corrected chi connectivity index (χ1v) is 5.95. The van der Waals surface area contributed by atoms with Crippen LogP contribution >= 0.6 is 0 Å². The number of pyridine rings is 1. The fourth-order valence-electron chi connectivity index (χ4n) is 2.26. The molecule has 0 bridgehead atoms. The van der Waals surface area contributed by atoms with Gasteiger partial charge in [0.15, 0.2) is 0 Å². The topological polar surface area (TPSA) is 24.9 Å². The number of rotatable bonds is 4. The van der Waals surface area contributed by atoms with Gasteiger partial charge in [0.25, 0.3) is 0 Å². The average molecular weight is 204 g/mol. The zero-order valence-electron chi connectivity index (χ0n) is 9.66. The van der Waals surface area contributed by atoms with E-state index in [0.29, 0.717) is 0 Å². The van der Waals surface area contributed by atoms with Gasteiger partial charge in [0.05, 0.1) is 5.69 Å². The molecule has 82 valence electrons. The molecule has 1 saturated carbocycles. The van der Waals surface area contributed by atoms with Gasteiger partial charge in [0.2, 0.25) is 0 Å². The van der Waals surface area contributed by atoms with E-state index in [1.54, 1.807) is 0 Å². The van der Waals surface area contributed by atoms with Crippen LogP contribution in [0.1, 0.15) is 37.9 Å². The summed E-state index contributed by atoms with van der Waals surface area (Å²) in [6, 6.07) is 4.92. The highest BCUT2D eigenvalue weighted by Crippen LogP contribution is 2.26. The van der Waals surface area contributed by atoms with Crippen LogP contribution in [0.3, 0.4) is 0 Å². The zero-order valence-corrected chi connectivity index (χ0v) is 9.66. The molecule has 0 atom stereocenters. The van der Waals surface area contributed by atoms with Gasteiger partial charge in [-0.1, -0.05) is 19.9 Å². The number of aryl methyl sites for hydroxylation is 1. The maximum Gasteiger partial charge on any atom is 0.0573 e. The highest BCUT2D eigenvalue weighted by atomic mass is 14.9. The van der Waals surface area contributed by atoms with E-state index in [0.717, 1.165) is 24.9 Å². The van der Waals surface area contributed by atoms with Gasteiger partial charge in [0, 0.05) is 18.8 Å². The molecule has 2 heteroatoms. The number of hydrogen-bond donors (Lipinski definition) is 1. The lowest BCUT2D eigenvalue weighted by molar-refractivity contribution is 0.239. The molecule has 0 spiro atoms. The quantitative estimate of drug-likeness (QED) is 0.815. The molecular formula is C13H20N2. The molecule has 0 aromatic carbocycles. The van der Waals surface area contributed by atoms with E-state index in [9.17, 15) is 0 Å². The Kier molecular flexibility index (Phi) is 3.37. The molecular weight excluding hydrogens is 184 g/mol. The third-order valence-corrected chi connectivity index (χ3v) is 3.30. The van der Waals surface area contributed by atoms with Crippen LogP contribution in [0.15, 0.2) is 18.3 Å². The summed E-state index contributed by atoms with van der Waals surface area (Å²) in [6.07, 6.45) is 5.62. The van der Waals surface area contributed by atoms with Crippen LogP contribution in [0.2, 0.25) is 0 Å². The Morgan fingerprint density at radius 3 is 2.93 bits per heavy atom. The normalized spacial score (nSPS) is 24.9. The minimum Gasteiger partial charge on any atom is -0.308 e. The summed E-state index contributed by atoms with van der Waals surface area (Å²) >= 11 is 0. The van der Waals surface area contributed by atoms with Gasteiger partial charge in [-0.25, -0.2) is 0 Å². The molecule has 0 saturated heterocycles. The molecule has 15 heavy (non-hydrogen) atoms.